The van der Waals surface area contributed by atoms with Crippen LogP contribution in [-0.2, 0) is 4.79 Å². The number of methoxy groups -OCH3 is 1. The summed E-state index contributed by atoms with van der Waals surface area (Å²) in [6.45, 7) is 3.52. The Morgan fingerprint density at radius 1 is 1.43 bits per heavy atom. The molecule has 1 rings (SSSR count). The van der Waals surface area contributed by atoms with Crippen LogP contribution in [0.2, 0.25) is 10.0 Å². The Morgan fingerprint density at radius 2 is 2.05 bits per heavy atom. The number of rotatable bonds is 7. The lowest BCUT2D eigenvalue weighted by atomic mass is 10.1. The van der Waals surface area contributed by atoms with Crippen molar-refractivity contribution < 1.29 is 19.4 Å². The fraction of sp³-hybridized carbons (Fsp3) is 0.286. The zero-order chi connectivity index (χ0) is 16.0. The van der Waals surface area contributed by atoms with Gasteiger partial charge in [0.1, 0.15) is 11.8 Å². The van der Waals surface area contributed by atoms with Crippen molar-refractivity contribution >= 4 is 35.1 Å². The molecule has 0 saturated heterocycles. The van der Waals surface area contributed by atoms with E-state index in [0.29, 0.717) is 6.42 Å². The number of carbonyl (C=O) groups excluding carboxylic acids is 1. The SMILES string of the molecule is C=CCCC(NC(=O)c1cc(Cl)c(Cl)cc1OC)C(=O)O. The minimum Gasteiger partial charge on any atom is -0.496 e. The summed E-state index contributed by atoms with van der Waals surface area (Å²) < 4.78 is 5.06. The Bertz CT molecular complexity index is 560. The van der Waals surface area contributed by atoms with Crippen molar-refractivity contribution in [1.29, 1.82) is 0 Å². The first-order valence-corrected chi connectivity index (χ1v) is 6.83. The second-order valence-corrected chi connectivity index (χ2v) is 5.01. The molecule has 5 nitrogen and oxygen atoms in total. The van der Waals surface area contributed by atoms with Crippen molar-refractivity contribution in [3.8, 4) is 5.75 Å². The predicted molar refractivity (Wildman–Crippen MR) is 81.3 cm³/mol. The highest BCUT2D eigenvalue weighted by Gasteiger charge is 2.22. The van der Waals surface area contributed by atoms with E-state index in [1.807, 2.05) is 0 Å². The van der Waals surface area contributed by atoms with Gasteiger partial charge in [0, 0.05) is 6.07 Å². The fourth-order valence-electron chi connectivity index (χ4n) is 1.65. The second kappa shape index (κ2) is 7.90. The molecule has 0 saturated carbocycles. The van der Waals surface area contributed by atoms with E-state index in [2.05, 4.69) is 11.9 Å². The number of carboxylic acid groups (broad SMARTS) is 1. The predicted octanol–water partition coefficient (Wildman–Crippen LogP) is 3.15. The maximum atomic E-state index is 12.2. The van der Waals surface area contributed by atoms with Crippen LogP contribution in [0.4, 0.5) is 0 Å². The molecule has 0 aliphatic heterocycles. The zero-order valence-corrected chi connectivity index (χ0v) is 12.9. The Hall–Kier alpha value is -1.72. The highest BCUT2D eigenvalue weighted by atomic mass is 35.5. The molecule has 0 aliphatic rings. The molecule has 114 valence electrons. The number of hydrogen-bond donors (Lipinski definition) is 2. The van der Waals surface area contributed by atoms with Crippen LogP contribution >= 0.6 is 23.2 Å². The third-order valence-corrected chi connectivity index (χ3v) is 3.47. The molecule has 21 heavy (non-hydrogen) atoms. The molecule has 0 heterocycles. The van der Waals surface area contributed by atoms with Gasteiger partial charge in [0.05, 0.1) is 22.7 Å². The maximum Gasteiger partial charge on any atom is 0.326 e. The van der Waals surface area contributed by atoms with E-state index < -0.39 is 17.9 Å². The fourth-order valence-corrected chi connectivity index (χ4v) is 1.97. The number of benzene rings is 1. The van der Waals surface area contributed by atoms with Crippen molar-refractivity contribution in [3.63, 3.8) is 0 Å². The number of nitrogens with one attached hydrogen (secondary N) is 1. The molecule has 1 aromatic rings. The molecule has 0 spiro atoms. The van der Waals surface area contributed by atoms with Crippen LogP contribution in [0.15, 0.2) is 24.8 Å². The van der Waals surface area contributed by atoms with Gasteiger partial charge in [-0.1, -0.05) is 29.3 Å². The van der Waals surface area contributed by atoms with Gasteiger partial charge in [-0.2, -0.15) is 0 Å². The second-order valence-electron chi connectivity index (χ2n) is 4.20. The highest BCUT2D eigenvalue weighted by molar-refractivity contribution is 6.42. The van der Waals surface area contributed by atoms with Gasteiger partial charge in [0.2, 0.25) is 0 Å². The molecule has 1 aromatic carbocycles. The van der Waals surface area contributed by atoms with Gasteiger partial charge < -0.3 is 15.2 Å². The van der Waals surface area contributed by atoms with Gasteiger partial charge in [-0.15, -0.1) is 6.58 Å². The van der Waals surface area contributed by atoms with Crippen LogP contribution in [0.3, 0.4) is 0 Å². The summed E-state index contributed by atoms with van der Waals surface area (Å²) in [5.74, 6) is -1.50. The molecule has 0 aliphatic carbocycles. The summed E-state index contributed by atoms with van der Waals surface area (Å²) in [6.07, 6.45) is 2.30. The summed E-state index contributed by atoms with van der Waals surface area (Å²) in [7, 11) is 1.38. The van der Waals surface area contributed by atoms with Crippen molar-refractivity contribution in [2.24, 2.45) is 0 Å². The number of amides is 1. The van der Waals surface area contributed by atoms with Crippen molar-refractivity contribution in [2.75, 3.05) is 7.11 Å². The number of halogens is 2. The zero-order valence-electron chi connectivity index (χ0n) is 11.4. The molecule has 1 unspecified atom stereocenters. The van der Waals surface area contributed by atoms with Crippen molar-refractivity contribution in [3.05, 3.63) is 40.4 Å². The Kier molecular flexibility index (Phi) is 6.52. The van der Waals surface area contributed by atoms with E-state index in [-0.39, 0.29) is 27.8 Å². The first-order chi connectivity index (χ1) is 9.90. The van der Waals surface area contributed by atoms with Crippen LogP contribution in [0.25, 0.3) is 0 Å². The average molecular weight is 332 g/mol. The summed E-state index contributed by atoms with van der Waals surface area (Å²) in [4.78, 5) is 23.3. The van der Waals surface area contributed by atoms with Crippen LogP contribution in [0.5, 0.6) is 5.75 Å². The monoisotopic (exact) mass is 331 g/mol. The number of carboxylic acids is 1. The maximum absolute atomic E-state index is 12.2. The third kappa shape index (κ3) is 4.65. The first-order valence-electron chi connectivity index (χ1n) is 6.08. The third-order valence-electron chi connectivity index (χ3n) is 2.75. The Morgan fingerprint density at radius 3 is 2.57 bits per heavy atom. The molecule has 0 fully saturated rings. The standard InChI is InChI=1S/C14H15Cl2NO4/c1-3-4-5-11(14(19)20)17-13(18)8-6-9(15)10(16)7-12(8)21-2/h3,6-7,11H,1,4-5H2,2H3,(H,17,18)(H,19,20). The lowest BCUT2D eigenvalue weighted by Gasteiger charge is -2.15. The summed E-state index contributed by atoms with van der Waals surface area (Å²) >= 11 is 11.7. The molecule has 1 amide bonds. The molecular formula is C14H15Cl2NO4. The first kappa shape index (κ1) is 17.3. The number of allylic oxidation sites excluding steroid dienone is 1. The van der Waals surface area contributed by atoms with Crippen molar-refractivity contribution in [2.45, 2.75) is 18.9 Å². The topological polar surface area (TPSA) is 75.6 Å². The number of hydrogen-bond acceptors (Lipinski definition) is 3. The number of aliphatic carboxylic acids is 1. The summed E-state index contributed by atoms with van der Waals surface area (Å²) in [6, 6.07) is 1.72. The van der Waals surface area contributed by atoms with Crippen LogP contribution in [0.1, 0.15) is 23.2 Å². The minimum absolute atomic E-state index is 0.122. The average Bonchev–Trinajstić information content (AvgIpc) is 2.45. The van der Waals surface area contributed by atoms with Gasteiger partial charge in [-0.3, -0.25) is 4.79 Å². The Labute approximate surface area is 132 Å². The van der Waals surface area contributed by atoms with Gasteiger partial charge >= 0.3 is 5.97 Å². The van der Waals surface area contributed by atoms with E-state index in [1.165, 1.54) is 19.2 Å². The van der Waals surface area contributed by atoms with Gasteiger partial charge in [0.15, 0.2) is 0 Å². The van der Waals surface area contributed by atoms with Gasteiger partial charge in [-0.05, 0) is 18.9 Å². The summed E-state index contributed by atoms with van der Waals surface area (Å²) in [5.41, 5.74) is 0.122. The Balaban J connectivity index is 2.99. The molecule has 2 N–H and O–H groups in total. The van der Waals surface area contributed by atoms with Crippen molar-refractivity contribution in [1.82, 2.24) is 5.32 Å². The van der Waals surface area contributed by atoms with Crippen LogP contribution in [-0.4, -0.2) is 30.1 Å². The molecule has 7 heteroatoms. The van der Waals surface area contributed by atoms with E-state index in [4.69, 9.17) is 33.0 Å². The van der Waals surface area contributed by atoms with E-state index in [1.54, 1.807) is 6.08 Å². The normalized spacial score (nSPS) is 11.6. The lowest BCUT2D eigenvalue weighted by Crippen LogP contribution is -2.40. The highest BCUT2D eigenvalue weighted by Crippen LogP contribution is 2.30. The summed E-state index contributed by atoms with van der Waals surface area (Å²) in [5, 5.41) is 11.9. The molecular weight excluding hydrogens is 317 g/mol. The number of ether oxygens (including phenoxy) is 1. The molecule has 0 aromatic heterocycles. The molecule has 0 bridgehead atoms. The van der Waals surface area contributed by atoms with E-state index in [0.717, 1.165) is 0 Å². The van der Waals surface area contributed by atoms with E-state index in [9.17, 15) is 9.59 Å². The van der Waals surface area contributed by atoms with Gasteiger partial charge in [0.25, 0.3) is 5.91 Å². The minimum atomic E-state index is -1.12. The van der Waals surface area contributed by atoms with E-state index >= 15 is 0 Å². The quantitative estimate of drug-likeness (QED) is 0.752. The lowest BCUT2D eigenvalue weighted by molar-refractivity contribution is -0.139. The van der Waals surface area contributed by atoms with Gasteiger partial charge in [-0.25, -0.2) is 4.79 Å². The largest absolute Gasteiger partial charge is 0.496 e. The van der Waals surface area contributed by atoms with Crippen LogP contribution in [0, 0.1) is 0 Å². The smallest absolute Gasteiger partial charge is 0.326 e. The molecule has 1 atom stereocenters. The molecule has 0 radical (unpaired) electrons. The van der Waals surface area contributed by atoms with Crippen LogP contribution < -0.4 is 10.1 Å². The number of carbonyl (C=O) groups is 2.